The van der Waals surface area contributed by atoms with Gasteiger partial charge in [0.15, 0.2) is 17.5 Å². The maximum absolute atomic E-state index is 13.0. The van der Waals surface area contributed by atoms with Gasteiger partial charge in [0.1, 0.15) is 5.82 Å². The van der Waals surface area contributed by atoms with E-state index in [9.17, 15) is 8.78 Å². The molecule has 1 N–H and O–H groups in total. The van der Waals surface area contributed by atoms with E-state index in [1.807, 2.05) is 6.92 Å². The predicted octanol–water partition coefficient (Wildman–Crippen LogP) is 2.63. The van der Waals surface area contributed by atoms with Crippen LogP contribution in [0.4, 0.5) is 8.78 Å². The van der Waals surface area contributed by atoms with Crippen molar-refractivity contribution >= 4 is 0 Å². The molecule has 0 aliphatic heterocycles. The molecule has 1 heterocycles. The van der Waals surface area contributed by atoms with Crippen LogP contribution >= 0.6 is 0 Å². The lowest BCUT2D eigenvalue weighted by molar-refractivity contribution is 0.507. The van der Waals surface area contributed by atoms with Crippen LogP contribution in [0.5, 0.6) is 0 Å². The number of rotatable bonds is 4. The Bertz CT molecular complexity index is 508. The second-order valence-electron chi connectivity index (χ2n) is 3.87. The third-order valence-corrected chi connectivity index (χ3v) is 2.41. The van der Waals surface area contributed by atoms with Crippen LogP contribution in [0.1, 0.15) is 30.6 Å². The average Bonchev–Trinajstić information content (AvgIpc) is 2.72. The highest BCUT2D eigenvalue weighted by Crippen LogP contribution is 2.11. The minimum absolute atomic E-state index is 0.425. The number of halogens is 2. The monoisotopic (exact) mass is 237 g/mol. The van der Waals surface area contributed by atoms with E-state index in [-0.39, 0.29) is 0 Å². The van der Waals surface area contributed by atoms with Crippen molar-refractivity contribution in [3.05, 3.63) is 47.0 Å². The summed E-state index contributed by atoms with van der Waals surface area (Å²) in [5, 5.41) is 6.83. The fourth-order valence-corrected chi connectivity index (χ4v) is 1.59. The maximum atomic E-state index is 13.0. The number of aromatic nitrogens is 3. The standard InChI is InChI=1S/C12H13F2N3/c1-2-3-11-15-12(17-16-11)7-8-4-5-9(13)10(14)6-8/h4-6H,2-3,7H2,1H3,(H,15,16,17). The van der Waals surface area contributed by atoms with Crippen LogP contribution in [-0.4, -0.2) is 15.2 Å². The number of aryl methyl sites for hydroxylation is 1. The smallest absolute Gasteiger partial charge is 0.159 e. The molecule has 0 aliphatic rings. The first kappa shape index (κ1) is 11.7. The normalized spacial score (nSPS) is 10.8. The van der Waals surface area contributed by atoms with Crippen molar-refractivity contribution in [3.8, 4) is 0 Å². The van der Waals surface area contributed by atoms with Crippen molar-refractivity contribution < 1.29 is 8.78 Å². The van der Waals surface area contributed by atoms with Gasteiger partial charge in [-0.25, -0.2) is 13.8 Å². The van der Waals surface area contributed by atoms with Gasteiger partial charge in [0, 0.05) is 12.8 Å². The molecule has 0 unspecified atom stereocenters. The first-order valence-electron chi connectivity index (χ1n) is 5.53. The lowest BCUT2D eigenvalue weighted by atomic mass is 10.1. The highest BCUT2D eigenvalue weighted by atomic mass is 19.2. The van der Waals surface area contributed by atoms with Crippen molar-refractivity contribution in [2.45, 2.75) is 26.2 Å². The van der Waals surface area contributed by atoms with Crippen LogP contribution < -0.4 is 0 Å². The van der Waals surface area contributed by atoms with Gasteiger partial charge < -0.3 is 0 Å². The first-order chi connectivity index (χ1) is 8.19. The Balaban J connectivity index is 2.11. The molecule has 2 aromatic rings. The Morgan fingerprint density at radius 1 is 1.24 bits per heavy atom. The Morgan fingerprint density at radius 2 is 2.06 bits per heavy atom. The molecular weight excluding hydrogens is 224 g/mol. The van der Waals surface area contributed by atoms with Crippen LogP contribution in [0.3, 0.4) is 0 Å². The highest BCUT2D eigenvalue weighted by Gasteiger charge is 2.06. The number of nitrogens with one attached hydrogen (secondary N) is 1. The SMILES string of the molecule is CCCc1n[nH]c(Cc2ccc(F)c(F)c2)n1. The molecule has 17 heavy (non-hydrogen) atoms. The molecule has 3 nitrogen and oxygen atoms in total. The summed E-state index contributed by atoms with van der Waals surface area (Å²) in [6.45, 7) is 2.05. The topological polar surface area (TPSA) is 41.6 Å². The first-order valence-corrected chi connectivity index (χ1v) is 5.53. The van der Waals surface area contributed by atoms with Crippen molar-refractivity contribution in [1.82, 2.24) is 15.2 Å². The Morgan fingerprint density at radius 3 is 2.76 bits per heavy atom. The summed E-state index contributed by atoms with van der Waals surface area (Å²) in [7, 11) is 0. The third-order valence-electron chi connectivity index (χ3n) is 2.41. The molecule has 0 amide bonds. The molecule has 0 spiro atoms. The van der Waals surface area contributed by atoms with Gasteiger partial charge in [-0.2, -0.15) is 5.10 Å². The van der Waals surface area contributed by atoms with Gasteiger partial charge in [-0.15, -0.1) is 0 Å². The maximum Gasteiger partial charge on any atom is 0.159 e. The Kier molecular flexibility index (Phi) is 3.46. The number of H-pyrrole nitrogens is 1. The summed E-state index contributed by atoms with van der Waals surface area (Å²) in [5.74, 6) is -0.252. The van der Waals surface area contributed by atoms with Gasteiger partial charge in [0.2, 0.25) is 0 Å². The lowest BCUT2D eigenvalue weighted by Gasteiger charge is -1.98. The van der Waals surface area contributed by atoms with Crippen molar-refractivity contribution in [2.24, 2.45) is 0 Å². The van der Waals surface area contributed by atoms with Gasteiger partial charge in [-0.1, -0.05) is 13.0 Å². The summed E-state index contributed by atoms with van der Waals surface area (Å²) < 4.78 is 25.7. The third kappa shape index (κ3) is 2.87. The molecule has 90 valence electrons. The van der Waals surface area contributed by atoms with Gasteiger partial charge in [0.25, 0.3) is 0 Å². The summed E-state index contributed by atoms with van der Waals surface area (Å²) in [6, 6.07) is 3.84. The van der Waals surface area contributed by atoms with E-state index < -0.39 is 11.6 Å². The second-order valence-corrected chi connectivity index (χ2v) is 3.87. The fourth-order valence-electron chi connectivity index (χ4n) is 1.59. The lowest BCUT2D eigenvalue weighted by Crippen LogP contribution is -1.94. The largest absolute Gasteiger partial charge is 0.263 e. The molecule has 0 fully saturated rings. The predicted molar refractivity (Wildman–Crippen MR) is 59.5 cm³/mol. The van der Waals surface area contributed by atoms with Crippen LogP contribution in [0, 0.1) is 11.6 Å². The van der Waals surface area contributed by atoms with Gasteiger partial charge in [-0.3, -0.25) is 5.10 Å². The molecule has 0 saturated carbocycles. The Labute approximate surface area is 97.9 Å². The van der Waals surface area contributed by atoms with Crippen LogP contribution in [0.15, 0.2) is 18.2 Å². The zero-order valence-electron chi connectivity index (χ0n) is 9.50. The van der Waals surface area contributed by atoms with Crippen LogP contribution in [-0.2, 0) is 12.8 Å². The number of aromatic amines is 1. The minimum Gasteiger partial charge on any atom is -0.263 e. The number of nitrogens with zero attached hydrogens (tertiary/aromatic N) is 2. The van der Waals surface area contributed by atoms with Crippen LogP contribution in [0.25, 0.3) is 0 Å². The molecule has 5 heteroatoms. The molecule has 0 bridgehead atoms. The number of benzene rings is 1. The molecule has 0 aliphatic carbocycles. The average molecular weight is 237 g/mol. The zero-order valence-corrected chi connectivity index (χ0v) is 9.50. The molecule has 0 atom stereocenters. The van der Waals surface area contributed by atoms with E-state index in [1.54, 1.807) is 6.07 Å². The summed E-state index contributed by atoms with van der Waals surface area (Å²) in [6.07, 6.45) is 2.21. The minimum atomic E-state index is -0.837. The quantitative estimate of drug-likeness (QED) is 0.888. The number of hydrogen-bond donors (Lipinski definition) is 1. The van der Waals surface area contributed by atoms with Gasteiger partial charge >= 0.3 is 0 Å². The van der Waals surface area contributed by atoms with E-state index in [0.717, 1.165) is 24.7 Å². The van der Waals surface area contributed by atoms with E-state index >= 15 is 0 Å². The van der Waals surface area contributed by atoms with Crippen molar-refractivity contribution in [1.29, 1.82) is 0 Å². The fraction of sp³-hybridized carbons (Fsp3) is 0.333. The van der Waals surface area contributed by atoms with Crippen LogP contribution in [0.2, 0.25) is 0 Å². The Hall–Kier alpha value is -1.78. The van der Waals surface area contributed by atoms with E-state index in [0.29, 0.717) is 17.8 Å². The van der Waals surface area contributed by atoms with Gasteiger partial charge in [-0.05, 0) is 24.1 Å². The number of hydrogen-bond acceptors (Lipinski definition) is 2. The second kappa shape index (κ2) is 5.03. The molecular formula is C12H13F2N3. The van der Waals surface area contributed by atoms with E-state index in [4.69, 9.17) is 0 Å². The molecule has 1 aromatic heterocycles. The van der Waals surface area contributed by atoms with Crippen molar-refractivity contribution in [3.63, 3.8) is 0 Å². The highest BCUT2D eigenvalue weighted by molar-refractivity contribution is 5.21. The molecule has 1 aromatic carbocycles. The molecule has 0 radical (unpaired) electrons. The van der Waals surface area contributed by atoms with Crippen molar-refractivity contribution in [2.75, 3.05) is 0 Å². The summed E-state index contributed by atoms with van der Waals surface area (Å²) in [4.78, 5) is 4.26. The summed E-state index contributed by atoms with van der Waals surface area (Å²) >= 11 is 0. The summed E-state index contributed by atoms with van der Waals surface area (Å²) in [5.41, 5.74) is 0.670. The molecule has 0 saturated heterocycles. The van der Waals surface area contributed by atoms with E-state index in [1.165, 1.54) is 6.07 Å². The molecule has 2 rings (SSSR count). The zero-order chi connectivity index (χ0) is 12.3. The van der Waals surface area contributed by atoms with E-state index in [2.05, 4.69) is 15.2 Å². The van der Waals surface area contributed by atoms with Gasteiger partial charge in [0.05, 0.1) is 0 Å².